The van der Waals surface area contributed by atoms with Crippen molar-refractivity contribution in [1.29, 1.82) is 0 Å². The van der Waals surface area contributed by atoms with Gasteiger partial charge < -0.3 is 9.73 Å². The molecule has 0 unspecified atom stereocenters. The van der Waals surface area contributed by atoms with E-state index in [1.807, 2.05) is 0 Å². The fourth-order valence-corrected chi connectivity index (χ4v) is 3.81. The second-order valence-corrected chi connectivity index (χ2v) is 7.70. The van der Waals surface area contributed by atoms with E-state index in [1.165, 1.54) is 30.6 Å². The average molecular weight is 491 g/mol. The van der Waals surface area contributed by atoms with Gasteiger partial charge in [0.2, 0.25) is 5.89 Å². The number of halogens is 3. The molecule has 2 aromatic heterocycles. The number of aryl methyl sites for hydroxylation is 1. The third-order valence-corrected chi connectivity index (χ3v) is 5.32. The average Bonchev–Trinajstić information content (AvgIpc) is 3.44. The van der Waals surface area contributed by atoms with Crippen LogP contribution in [-0.2, 0) is 6.18 Å². The number of thiazole rings is 1. The van der Waals surface area contributed by atoms with Gasteiger partial charge in [-0.05, 0) is 30.7 Å². The topological polar surface area (TPSA) is 129 Å². The molecule has 0 aromatic carbocycles. The van der Waals surface area contributed by atoms with Crippen LogP contribution in [0.4, 0.5) is 18.0 Å². The highest BCUT2D eigenvalue weighted by Gasteiger charge is 2.34. The maximum absolute atomic E-state index is 13.2. The fourth-order valence-electron chi connectivity index (χ4n) is 2.95. The van der Waals surface area contributed by atoms with Gasteiger partial charge in [0.25, 0.3) is 5.89 Å². The first-order valence-electron chi connectivity index (χ1n) is 9.74. The van der Waals surface area contributed by atoms with Crippen molar-refractivity contribution < 1.29 is 27.6 Å². The summed E-state index contributed by atoms with van der Waals surface area (Å²) in [6.07, 6.45) is 2.46. The lowest BCUT2D eigenvalue weighted by Crippen LogP contribution is -2.20. The van der Waals surface area contributed by atoms with E-state index < -0.39 is 17.9 Å². The molecule has 2 N–H and O–H groups in total. The number of carbonyl (C=O) groups is 1. The highest BCUT2D eigenvalue weighted by molar-refractivity contribution is 7.11. The van der Waals surface area contributed by atoms with Gasteiger partial charge in [0, 0.05) is 42.4 Å². The number of carbonyl (C=O) groups excluding carboxylic acids is 1. The molecule has 34 heavy (non-hydrogen) atoms. The summed E-state index contributed by atoms with van der Waals surface area (Å²) < 4.78 is 44.9. The third kappa shape index (κ3) is 4.87. The molecule has 0 atom stereocenters. The highest BCUT2D eigenvalue weighted by Crippen LogP contribution is 2.37. The van der Waals surface area contributed by atoms with E-state index in [0.717, 1.165) is 21.8 Å². The van der Waals surface area contributed by atoms with Crippen LogP contribution in [0.2, 0.25) is 0 Å². The first-order chi connectivity index (χ1) is 16.2. The van der Waals surface area contributed by atoms with Crippen molar-refractivity contribution in [3.63, 3.8) is 0 Å². The molecule has 4 heterocycles. The summed E-state index contributed by atoms with van der Waals surface area (Å²) >= 11 is 0.787. The van der Waals surface area contributed by atoms with Gasteiger partial charge in [-0.1, -0.05) is 0 Å². The van der Waals surface area contributed by atoms with Crippen molar-refractivity contribution in [2.45, 2.75) is 20.0 Å². The van der Waals surface area contributed by atoms with Crippen LogP contribution in [0.5, 0.6) is 0 Å². The Morgan fingerprint density at radius 2 is 2.12 bits per heavy atom. The lowest BCUT2D eigenvalue weighted by molar-refractivity contribution is -0.140. The smallest absolute Gasteiger partial charge is 0.420 e. The summed E-state index contributed by atoms with van der Waals surface area (Å²) in [6.45, 7) is 3.65. The Bertz CT molecular complexity index is 1310. The summed E-state index contributed by atoms with van der Waals surface area (Å²) in [5, 5.41) is 22.0. The van der Waals surface area contributed by atoms with Gasteiger partial charge in [-0.15, -0.1) is 21.5 Å². The number of hydrogen-bond acceptors (Lipinski definition) is 8. The number of urea groups is 1. The minimum absolute atomic E-state index is 0.00522. The zero-order valence-corrected chi connectivity index (χ0v) is 18.5. The molecule has 2 amide bonds. The number of alkyl halides is 3. The van der Waals surface area contributed by atoms with Gasteiger partial charge >= 0.3 is 12.2 Å². The van der Waals surface area contributed by atoms with E-state index in [4.69, 9.17) is 4.42 Å². The maximum Gasteiger partial charge on any atom is 0.434 e. The normalized spacial score (nSPS) is 19.5. The number of dihydropyridines is 1. The van der Waals surface area contributed by atoms with Gasteiger partial charge in [0.15, 0.2) is 11.5 Å². The molecule has 176 valence electrons. The predicted octanol–water partition coefficient (Wildman–Crippen LogP) is 4.01. The monoisotopic (exact) mass is 491 g/mol. The van der Waals surface area contributed by atoms with E-state index in [0.29, 0.717) is 17.7 Å². The summed E-state index contributed by atoms with van der Waals surface area (Å²) in [7, 11) is 0. The minimum atomic E-state index is -4.62. The molecule has 0 saturated carbocycles. The van der Waals surface area contributed by atoms with Gasteiger partial charge in [0.05, 0.1) is 0 Å². The van der Waals surface area contributed by atoms with Crippen molar-refractivity contribution in [2.75, 3.05) is 6.54 Å². The number of hydroxylamine groups is 2. The predicted molar refractivity (Wildman–Crippen MR) is 117 cm³/mol. The zero-order chi connectivity index (χ0) is 24.5. The number of allylic oxidation sites excluding steroid dienone is 5. The molecular formula is C20H16F3N7O3S. The first-order valence-corrected chi connectivity index (χ1v) is 10.6. The van der Waals surface area contributed by atoms with Gasteiger partial charge in [-0.25, -0.2) is 19.8 Å². The maximum atomic E-state index is 13.2. The highest BCUT2D eigenvalue weighted by atomic mass is 32.1. The molecule has 14 heteroatoms. The van der Waals surface area contributed by atoms with E-state index >= 15 is 0 Å². The molecule has 4 rings (SSSR count). The van der Waals surface area contributed by atoms with Crippen molar-refractivity contribution in [2.24, 2.45) is 9.98 Å². The quantitative estimate of drug-likeness (QED) is 0.664. The van der Waals surface area contributed by atoms with Crippen molar-refractivity contribution >= 4 is 40.7 Å². The molecule has 2 aliphatic heterocycles. The Morgan fingerprint density at radius 1 is 1.32 bits per heavy atom. The van der Waals surface area contributed by atoms with Crippen molar-refractivity contribution in [3.05, 3.63) is 63.4 Å². The van der Waals surface area contributed by atoms with E-state index in [2.05, 4.69) is 30.5 Å². The molecule has 10 nitrogen and oxygen atoms in total. The lowest BCUT2D eigenvalue weighted by Gasteiger charge is -2.20. The molecule has 0 bridgehead atoms. The number of aliphatic imine (C=N–C) groups is 2. The summed E-state index contributed by atoms with van der Waals surface area (Å²) in [5.74, 6) is 0.309. The van der Waals surface area contributed by atoms with E-state index in [-0.39, 0.29) is 33.9 Å². The molecule has 0 saturated heterocycles. The van der Waals surface area contributed by atoms with Crippen LogP contribution in [0.25, 0.3) is 11.3 Å². The summed E-state index contributed by atoms with van der Waals surface area (Å²) in [4.78, 5) is 23.6. The molecule has 0 radical (unpaired) electrons. The zero-order valence-electron chi connectivity index (χ0n) is 17.7. The first kappa shape index (κ1) is 23.3. The van der Waals surface area contributed by atoms with E-state index in [9.17, 15) is 23.2 Å². The van der Waals surface area contributed by atoms with Crippen LogP contribution >= 0.6 is 11.3 Å². The summed E-state index contributed by atoms with van der Waals surface area (Å²) in [6, 6.07) is -0.640. The molecule has 0 fully saturated rings. The fraction of sp³-hybridized carbons (Fsp3) is 0.200. The third-order valence-electron chi connectivity index (χ3n) is 4.45. The van der Waals surface area contributed by atoms with Crippen LogP contribution in [0, 0.1) is 6.92 Å². The van der Waals surface area contributed by atoms with Gasteiger partial charge in [-0.2, -0.15) is 18.2 Å². The number of amides is 2. The number of nitrogens with zero attached hydrogens (tertiary/aromatic N) is 6. The van der Waals surface area contributed by atoms with Crippen LogP contribution in [0.1, 0.15) is 29.4 Å². The van der Waals surface area contributed by atoms with Crippen molar-refractivity contribution in [1.82, 2.24) is 25.6 Å². The summed E-state index contributed by atoms with van der Waals surface area (Å²) in [5.41, 5.74) is 0.223. The van der Waals surface area contributed by atoms with Crippen LogP contribution in [-0.4, -0.2) is 50.1 Å². The van der Waals surface area contributed by atoms with E-state index in [1.54, 1.807) is 13.8 Å². The Hall–Kier alpha value is -3.91. The molecule has 0 spiro atoms. The lowest BCUT2D eigenvalue weighted by atomic mass is 9.96. The Labute approximate surface area is 194 Å². The number of nitrogens with one attached hydrogen (secondary N) is 1. The number of hydrogen-bond donors (Lipinski definition) is 2. The van der Waals surface area contributed by atoms with Crippen LogP contribution in [0.3, 0.4) is 0 Å². The Kier molecular flexibility index (Phi) is 6.26. The molecular weight excluding hydrogens is 475 g/mol. The molecule has 2 aromatic rings. The number of rotatable bonds is 3. The second kappa shape index (κ2) is 9.15. The molecule has 0 aliphatic carbocycles. The van der Waals surface area contributed by atoms with Crippen LogP contribution in [0.15, 0.2) is 55.4 Å². The largest absolute Gasteiger partial charge is 0.434 e. The second-order valence-electron chi connectivity index (χ2n) is 6.84. The number of amidine groups is 1. The standard InChI is InChI=1S/C20H16F3N7O3S/c1-3-24-19(31)27-16-7-12(18-26-15(9-34-18)20(21,22)23)13(8-25-16)11-4-5-30(32)14(6-11)17-29-28-10(2)33-17/h4-9,32H,3H2,1-2H3,(H,24,31). The Balaban J connectivity index is 1.83. The molecule has 2 aliphatic rings. The van der Waals surface area contributed by atoms with Crippen molar-refractivity contribution in [3.8, 4) is 0 Å². The van der Waals surface area contributed by atoms with Crippen LogP contribution < -0.4 is 5.32 Å². The Morgan fingerprint density at radius 3 is 2.76 bits per heavy atom. The minimum Gasteiger partial charge on any atom is -0.420 e. The van der Waals surface area contributed by atoms with Gasteiger partial charge in [0.1, 0.15) is 10.7 Å². The number of aromatic nitrogens is 3. The van der Waals surface area contributed by atoms with Gasteiger partial charge in [-0.3, -0.25) is 5.21 Å². The SMILES string of the molecule is CCNC(=O)N=C1C=C(c2nc(C(F)(F)F)cs2)C(=C2C=CN(O)C(c3nnc(C)o3)=C2)C=N1.